The van der Waals surface area contributed by atoms with Gasteiger partial charge in [0.2, 0.25) is 0 Å². The highest BCUT2D eigenvalue weighted by atomic mass is 32.2. The van der Waals surface area contributed by atoms with Crippen molar-refractivity contribution in [2.45, 2.75) is 13.0 Å². The van der Waals surface area contributed by atoms with E-state index < -0.39 is 9.84 Å². The second-order valence-electron chi connectivity index (χ2n) is 4.80. The second-order valence-corrected chi connectivity index (χ2v) is 7.06. The molecule has 0 aromatic heterocycles. The molecule has 0 aliphatic heterocycles. The molecule has 0 aliphatic rings. The Morgan fingerprint density at radius 2 is 2.00 bits per heavy atom. The summed E-state index contributed by atoms with van der Waals surface area (Å²) in [6.07, 6.45) is 1.57. The van der Waals surface area contributed by atoms with Crippen molar-refractivity contribution in [1.29, 1.82) is 0 Å². The first-order valence-electron chi connectivity index (χ1n) is 6.70. The van der Waals surface area contributed by atoms with Gasteiger partial charge in [-0.1, -0.05) is 0 Å². The van der Waals surface area contributed by atoms with Crippen molar-refractivity contribution in [3.63, 3.8) is 0 Å². The van der Waals surface area contributed by atoms with E-state index >= 15 is 0 Å². The zero-order valence-electron chi connectivity index (χ0n) is 12.4. The highest BCUT2D eigenvalue weighted by Crippen LogP contribution is 2.16. The van der Waals surface area contributed by atoms with Crippen LogP contribution in [0.2, 0.25) is 0 Å². The van der Waals surface area contributed by atoms with E-state index in [9.17, 15) is 12.8 Å². The van der Waals surface area contributed by atoms with Crippen LogP contribution in [0.15, 0.2) is 18.2 Å². The van der Waals surface area contributed by atoms with Gasteiger partial charge in [0.25, 0.3) is 0 Å². The lowest BCUT2D eigenvalue weighted by atomic mass is 10.2. The molecule has 0 heterocycles. The van der Waals surface area contributed by atoms with E-state index in [4.69, 9.17) is 9.47 Å². The number of sulfone groups is 1. The quantitative estimate of drug-likeness (QED) is 0.660. The van der Waals surface area contributed by atoms with Crippen molar-refractivity contribution < 1.29 is 22.3 Å². The number of rotatable bonds is 10. The van der Waals surface area contributed by atoms with Gasteiger partial charge in [0.05, 0.1) is 19.0 Å². The van der Waals surface area contributed by atoms with Crippen molar-refractivity contribution >= 4 is 9.84 Å². The average molecular weight is 319 g/mol. The molecule has 1 N–H and O–H groups in total. The van der Waals surface area contributed by atoms with Crippen molar-refractivity contribution in [3.05, 3.63) is 29.6 Å². The molecule has 0 radical (unpaired) electrons. The highest BCUT2D eigenvalue weighted by molar-refractivity contribution is 7.90. The average Bonchev–Trinajstić information content (AvgIpc) is 2.38. The van der Waals surface area contributed by atoms with E-state index in [0.29, 0.717) is 31.9 Å². The first-order valence-corrected chi connectivity index (χ1v) is 8.76. The van der Waals surface area contributed by atoms with E-state index in [1.807, 2.05) is 0 Å². The van der Waals surface area contributed by atoms with Crippen molar-refractivity contribution in [1.82, 2.24) is 5.32 Å². The van der Waals surface area contributed by atoms with Gasteiger partial charge < -0.3 is 14.8 Å². The van der Waals surface area contributed by atoms with Crippen molar-refractivity contribution in [2.24, 2.45) is 0 Å². The first kappa shape index (κ1) is 17.9. The molecule has 0 saturated carbocycles. The number of ether oxygens (including phenoxy) is 2. The number of nitrogens with one attached hydrogen (secondary N) is 1. The third kappa shape index (κ3) is 8.64. The fourth-order valence-corrected chi connectivity index (χ4v) is 2.37. The van der Waals surface area contributed by atoms with Gasteiger partial charge in [0.1, 0.15) is 21.4 Å². The molecular weight excluding hydrogens is 297 g/mol. The molecule has 7 heteroatoms. The molecule has 0 atom stereocenters. The van der Waals surface area contributed by atoms with Gasteiger partial charge in [-0.25, -0.2) is 12.8 Å². The Balaban J connectivity index is 2.45. The summed E-state index contributed by atoms with van der Waals surface area (Å²) in [6, 6.07) is 4.46. The molecular formula is C14H22FNO4S. The molecule has 0 amide bonds. The molecule has 21 heavy (non-hydrogen) atoms. The van der Waals surface area contributed by atoms with E-state index in [2.05, 4.69) is 5.32 Å². The zero-order valence-corrected chi connectivity index (χ0v) is 13.2. The maximum atomic E-state index is 13.5. The normalized spacial score (nSPS) is 11.6. The van der Waals surface area contributed by atoms with Gasteiger partial charge in [-0.05, 0) is 24.1 Å². The molecule has 0 unspecified atom stereocenters. The third-order valence-electron chi connectivity index (χ3n) is 2.67. The van der Waals surface area contributed by atoms with Crippen LogP contribution in [0.5, 0.6) is 5.75 Å². The maximum Gasteiger partial charge on any atom is 0.147 e. The van der Waals surface area contributed by atoms with Crippen LogP contribution < -0.4 is 10.1 Å². The summed E-state index contributed by atoms with van der Waals surface area (Å²) in [5.74, 6) is 0.0968. The summed E-state index contributed by atoms with van der Waals surface area (Å²) in [5.41, 5.74) is 0.768. The summed E-state index contributed by atoms with van der Waals surface area (Å²) in [4.78, 5) is 0. The van der Waals surface area contributed by atoms with Crippen LogP contribution in [0.3, 0.4) is 0 Å². The Morgan fingerprint density at radius 3 is 2.67 bits per heavy atom. The van der Waals surface area contributed by atoms with E-state index in [1.165, 1.54) is 18.4 Å². The summed E-state index contributed by atoms with van der Waals surface area (Å²) >= 11 is 0. The van der Waals surface area contributed by atoms with Gasteiger partial charge in [-0.15, -0.1) is 0 Å². The number of halogens is 1. The van der Waals surface area contributed by atoms with Gasteiger partial charge in [-0.3, -0.25) is 0 Å². The first-order chi connectivity index (χ1) is 9.90. The van der Waals surface area contributed by atoms with Crippen LogP contribution >= 0.6 is 0 Å². The number of benzene rings is 1. The second kappa shape index (κ2) is 8.96. The maximum absolute atomic E-state index is 13.5. The molecule has 0 bridgehead atoms. The number of methoxy groups -OCH3 is 1. The molecule has 0 saturated heterocycles. The fraction of sp³-hybridized carbons (Fsp3) is 0.571. The zero-order chi connectivity index (χ0) is 15.7. The molecule has 5 nitrogen and oxygen atoms in total. The molecule has 0 aliphatic carbocycles. The van der Waals surface area contributed by atoms with E-state index in [0.717, 1.165) is 5.56 Å². The van der Waals surface area contributed by atoms with Gasteiger partial charge >= 0.3 is 0 Å². The Labute approximate surface area is 125 Å². The van der Waals surface area contributed by atoms with Gasteiger partial charge in [0, 0.05) is 32.5 Å². The van der Waals surface area contributed by atoms with Crippen LogP contribution in [0.4, 0.5) is 4.39 Å². The Bertz CT molecular complexity index is 534. The lowest BCUT2D eigenvalue weighted by molar-refractivity contribution is 0.199. The molecule has 1 rings (SSSR count). The minimum absolute atomic E-state index is 0.0632. The van der Waals surface area contributed by atoms with E-state index in [-0.39, 0.29) is 18.2 Å². The summed E-state index contributed by atoms with van der Waals surface area (Å²) < 4.78 is 45.8. The predicted molar refractivity (Wildman–Crippen MR) is 79.8 cm³/mol. The summed E-state index contributed by atoms with van der Waals surface area (Å²) in [6.45, 7) is 2.02. The predicted octanol–water partition coefficient (Wildman–Crippen LogP) is 1.38. The monoisotopic (exact) mass is 319 g/mol. The number of hydrogen-bond donors (Lipinski definition) is 1. The topological polar surface area (TPSA) is 64.6 Å². The van der Waals surface area contributed by atoms with E-state index in [1.54, 1.807) is 13.2 Å². The third-order valence-corrected chi connectivity index (χ3v) is 3.70. The molecule has 1 aromatic carbocycles. The molecule has 0 spiro atoms. The van der Waals surface area contributed by atoms with Crippen LogP contribution in [0.1, 0.15) is 12.0 Å². The van der Waals surface area contributed by atoms with Gasteiger partial charge in [0.15, 0.2) is 0 Å². The minimum Gasteiger partial charge on any atom is -0.493 e. The Morgan fingerprint density at radius 1 is 1.24 bits per heavy atom. The van der Waals surface area contributed by atoms with Crippen LogP contribution in [-0.2, 0) is 21.1 Å². The van der Waals surface area contributed by atoms with Crippen molar-refractivity contribution in [3.8, 4) is 5.75 Å². The molecule has 120 valence electrons. The lowest BCUT2D eigenvalue weighted by Gasteiger charge is -2.09. The molecule has 0 fully saturated rings. The Hall–Kier alpha value is -1.18. The molecule has 1 aromatic rings. The van der Waals surface area contributed by atoms with Gasteiger partial charge in [-0.2, -0.15) is 0 Å². The SMILES string of the molecule is COCCNCc1cc(F)cc(OCCCS(C)(=O)=O)c1. The summed E-state index contributed by atoms with van der Waals surface area (Å²) in [7, 11) is -1.37. The standard InChI is InChI=1S/C14H22FNO4S/c1-19-6-4-16-11-12-8-13(15)10-14(9-12)20-5-3-7-21(2,17)18/h8-10,16H,3-7,11H2,1-2H3. The highest BCUT2D eigenvalue weighted by Gasteiger charge is 2.04. The fourth-order valence-electron chi connectivity index (χ4n) is 1.72. The number of hydrogen-bond acceptors (Lipinski definition) is 5. The summed E-state index contributed by atoms with van der Waals surface area (Å²) in [5, 5.41) is 3.12. The minimum atomic E-state index is -2.99. The largest absolute Gasteiger partial charge is 0.493 e. The Kier molecular flexibility index (Phi) is 7.63. The lowest BCUT2D eigenvalue weighted by Crippen LogP contribution is -2.18. The van der Waals surface area contributed by atoms with Crippen molar-refractivity contribution in [2.75, 3.05) is 38.9 Å². The van der Waals surface area contributed by atoms with Crippen LogP contribution in [-0.4, -0.2) is 47.3 Å². The van der Waals surface area contributed by atoms with Crippen LogP contribution in [0.25, 0.3) is 0 Å². The smallest absolute Gasteiger partial charge is 0.147 e. The van der Waals surface area contributed by atoms with Crippen LogP contribution in [0, 0.1) is 5.82 Å².